The number of piperidine rings is 1. The average Bonchev–Trinajstić information content (AvgIpc) is 3.44. The largest absolute Gasteiger partial charge is 0.453 e. The van der Waals surface area contributed by atoms with Crippen molar-refractivity contribution in [1.29, 1.82) is 0 Å². The molecule has 8 heteroatoms. The third kappa shape index (κ3) is 6.76. The molecule has 0 spiro atoms. The van der Waals surface area contributed by atoms with Crippen molar-refractivity contribution in [2.75, 3.05) is 33.8 Å². The van der Waals surface area contributed by atoms with Gasteiger partial charge in [-0.3, -0.25) is 4.79 Å². The van der Waals surface area contributed by atoms with Gasteiger partial charge in [0.25, 0.3) is 0 Å². The van der Waals surface area contributed by atoms with Gasteiger partial charge in [-0.15, -0.1) is 0 Å². The Hall–Kier alpha value is -2.61. The molecule has 0 radical (unpaired) electrons. The van der Waals surface area contributed by atoms with Crippen LogP contribution in [0.3, 0.4) is 0 Å². The minimum atomic E-state index is -1.25. The van der Waals surface area contributed by atoms with Crippen LogP contribution in [-0.4, -0.2) is 61.8 Å². The second-order valence-corrected chi connectivity index (χ2v) is 11.5. The lowest BCUT2D eigenvalue weighted by molar-refractivity contribution is -0.140. The van der Waals surface area contributed by atoms with Crippen molar-refractivity contribution in [2.45, 2.75) is 63.5 Å². The smallest absolute Gasteiger partial charge is 0.406 e. The Morgan fingerprint density at radius 2 is 1.97 bits per heavy atom. The van der Waals surface area contributed by atoms with E-state index in [1.165, 1.54) is 7.11 Å². The molecule has 0 bridgehead atoms. The van der Waals surface area contributed by atoms with Crippen molar-refractivity contribution >= 4 is 23.6 Å². The third-order valence-corrected chi connectivity index (χ3v) is 8.89. The number of likely N-dealkylation sites (tertiary alicyclic amines) is 1. The molecule has 2 amide bonds. The lowest BCUT2D eigenvalue weighted by Crippen LogP contribution is -2.49. The molecule has 2 fully saturated rings. The number of hydrogen-bond acceptors (Lipinski definition) is 5. The van der Waals surface area contributed by atoms with Crippen LogP contribution in [0.15, 0.2) is 42.5 Å². The number of nitrogens with zero attached hydrogens (tertiary/aromatic N) is 1. The minimum absolute atomic E-state index is 0.0348. The predicted molar refractivity (Wildman–Crippen MR) is 155 cm³/mol. The number of benzene rings is 2. The Bertz CT molecular complexity index is 1160. The number of aliphatic hydroxyl groups is 1. The third-order valence-electron chi connectivity index (χ3n) is 8.57. The van der Waals surface area contributed by atoms with Crippen LogP contribution in [0.2, 0.25) is 5.02 Å². The fraction of sp³-hybridized carbons (Fsp3) is 0.548. The number of aryl methyl sites for hydroxylation is 1. The van der Waals surface area contributed by atoms with Crippen LogP contribution in [0.25, 0.3) is 11.1 Å². The monoisotopic (exact) mass is 555 g/mol. The molecule has 1 aliphatic heterocycles. The predicted octanol–water partition coefficient (Wildman–Crippen LogP) is 5.27. The molecule has 1 saturated carbocycles. The topological polar surface area (TPSA) is 90.9 Å². The first-order valence-electron chi connectivity index (χ1n) is 14.1. The van der Waals surface area contributed by atoms with Gasteiger partial charge in [0.2, 0.25) is 5.91 Å². The zero-order valence-electron chi connectivity index (χ0n) is 23.3. The summed E-state index contributed by atoms with van der Waals surface area (Å²) in [5.41, 5.74) is 2.41. The van der Waals surface area contributed by atoms with Gasteiger partial charge in [0.1, 0.15) is 0 Å². The Morgan fingerprint density at radius 3 is 2.69 bits per heavy atom. The van der Waals surface area contributed by atoms with Gasteiger partial charge in [0.15, 0.2) is 0 Å². The van der Waals surface area contributed by atoms with E-state index < -0.39 is 11.7 Å². The zero-order chi connectivity index (χ0) is 28.0. The van der Waals surface area contributed by atoms with E-state index in [0.717, 1.165) is 60.9 Å². The molecule has 7 nitrogen and oxygen atoms in total. The summed E-state index contributed by atoms with van der Waals surface area (Å²) < 4.78 is 4.71. The lowest BCUT2D eigenvalue weighted by atomic mass is 9.72. The number of rotatable bonds is 9. The van der Waals surface area contributed by atoms with E-state index in [2.05, 4.69) is 16.7 Å². The summed E-state index contributed by atoms with van der Waals surface area (Å²) in [5, 5.41) is 19.3. The van der Waals surface area contributed by atoms with Crippen molar-refractivity contribution < 1.29 is 19.4 Å². The molecule has 1 heterocycles. The minimum Gasteiger partial charge on any atom is -0.453 e. The summed E-state index contributed by atoms with van der Waals surface area (Å²) in [7, 11) is 3.29. The number of hydrogen-bond donors (Lipinski definition) is 3. The van der Waals surface area contributed by atoms with Gasteiger partial charge in [-0.1, -0.05) is 53.6 Å². The number of carbonyl (C=O) groups excluding carboxylic acids is 2. The second kappa shape index (κ2) is 13.2. The number of amides is 2. The normalized spacial score (nSPS) is 22.8. The first-order valence-corrected chi connectivity index (χ1v) is 14.5. The maximum atomic E-state index is 13.6. The van der Waals surface area contributed by atoms with Crippen LogP contribution in [0.1, 0.15) is 56.1 Å². The van der Waals surface area contributed by atoms with E-state index in [1.54, 1.807) is 0 Å². The maximum absolute atomic E-state index is 13.6. The number of halogens is 1. The van der Waals surface area contributed by atoms with Crippen molar-refractivity contribution in [2.24, 2.45) is 11.8 Å². The van der Waals surface area contributed by atoms with E-state index in [1.807, 2.05) is 55.3 Å². The Labute approximate surface area is 237 Å². The van der Waals surface area contributed by atoms with Gasteiger partial charge >= 0.3 is 6.09 Å². The maximum Gasteiger partial charge on any atom is 0.406 e. The number of ether oxygens (including phenoxy) is 1. The van der Waals surface area contributed by atoms with Crippen LogP contribution in [-0.2, 0) is 15.1 Å². The Morgan fingerprint density at radius 1 is 1.18 bits per heavy atom. The van der Waals surface area contributed by atoms with E-state index in [0.29, 0.717) is 37.0 Å². The van der Waals surface area contributed by atoms with Crippen LogP contribution >= 0.6 is 11.6 Å². The van der Waals surface area contributed by atoms with Gasteiger partial charge in [-0.05, 0) is 76.1 Å². The molecule has 4 rings (SSSR count). The molecule has 3 N–H and O–H groups in total. The van der Waals surface area contributed by atoms with Gasteiger partial charge in [-0.2, -0.15) is 0 Å². The number of alkyl carbamates (subject to hydrolysis) is 1. The number of carbonyl (C=O) groups is 2. The van der Waals surface area contributed by atoms with Gasteiger partial charge in [0, 0.05) is 48.1 Å². The molecule has 4 atom stereocenters. The fourth-order valence-electron chi connectivity index (χ4n) is 6.45. The molecule has 39 heavy (non-hydrogen) atoms. The van der Waals surface area contributed by atoms with Crippen LogP contribution in [0, 0.1) is 18.8 Å². The molecule has 1 aliphatic carbocycles. The quantitative estimate of drug-likeness (QED) is 0.367. The van der Waals surface area contributed by atoms with Crippen molar-refractivity contribution in [3.8, 4) is 11.1 Å². The SMILES string of the molecule is CNC1CCC(C(=O)N2CCCC(C(O)(CCCNC(=O)OC)c3cccc(Cl)c3-c3cccc(C)c3)C2)C1. The van der Waals surface area contributed by atoms with Crippen molar-refractivity contribution in [1.82, 2.24) is 15.5 Å². The van der Waals surface area contributed by atoms with Crippen LogP contribution in [0.5, 0.6) is 0 Å². The summed E-state index contributed by atoms with van der Waals surface area (Å²) in [6.07, 6.45) is 4.88. The number of methoxy groups -OCH3 is 1. The molecule has 2 aliphatic rings. The Kier molecular flexibility index (Phi) is 9.91. The average molecular weight is 556 g/mol. The summed E-state index contributed by atoms with van der Waals surface area (Å²) in [6.45, 7) is 3.63. The fourth-order valence-corrected chi connectivity index (χ4v) is 6.74. The molecular weight excluding hydrogens is 514 g/mol. The zero-order valence-corrected chi connectivity index (χ0v) is 24.1. The molecule has 1 saturated heterocycles. The summed E-state index contributed by atoms with van der Waals surface area (Å²) in [6, 6.07) is 14.2. The molecule has 0 aromatic heterocycles. The van der Waals surface area contributed by atoms with Gasteiger partial charge in [-0.25, -0.2) is 4.79 Å². The Balaban J connectivity index is 1.66. The summed E-state index contributed by atoms with van der Waals surface area (Å²) >= 11 is 6.82. The van der Waals surface area contributed by atoms with Crippen molar-refractivity contribution in [3.63, 3.8) is 0 Å². The first kappa shape index (κ1) is 29.4. The molecular formula is C31H42ClN3O4. The highest BCUT2D eigenvalue weighted by molar-refractivity contribution is 6.33. The summed E-state index contributed by atoms with van der Waals surface area (Å²) in [5.74, 6) is 0.0709. The number of nitrogens with one attached hydrogen (secondary N) is 2. The standard InChI is InChI=1S/C31H42ClN3O4/c1-21-8-4-9-22(18-21)28-26(11-5-12-27(28)32)31(38,15-7-16-34-30(37)39-3)24-10-6-17-35(20-24)29(36)23-13-14-25(19-23)33-2/h4-5,8-9,11-12,18,23-25,33,38H,6-7,10,13-17,19-20H2,1-3H3,(H,34,37). The lowest BCUT2D eigenvalue weighted by Gasteiger charge is -2.44. The van der Waals surface area contributed by atoms with Gasteiger partial charge in [0.05, 0.1) is 12.7 Å². The molecule has 212 valence electrons. The van der Waals surface area contributed by atoms with E-state index >= 15 is 0 Å². The first-order chi connectivity index (χ1) is 18.8. The van der Waals surface area contributed by atoms with E-state index in [9.17, 15) is 14.7 Å². The summed E-state index contributed by atoms with van der Waals surface area (Å²) in [4.78, 5) is 27.2. The molecule has 2 aromatic rings. The molecule has 2 aromatic carbocycles. The van der Waals surface area contributed by atoms with E-state index in [-0.39, 0.29) is 17.7 Å². The highest BCUT2D eigenvalue weighted by atomic mass is 35.5. The second-order valence-electron chi connectivity index (χ2n) is 11.1. The van der Waals surface area contributed by atoms with E-state index in [4.69, 9.17) is 16.3 Å². The van der Waals surface area contributed by atoms with Crippen LogP contribution in [0.4, 0.5) is 4.79 Å². The van der Waals surface area contributed by atoms with Crippen LogP contribution < -0.4 is 10.6 Å². The highest BCUT2D eigenvalue weighted by Crippen LogP contribution is 2.46. The highest BCUT2D eigenvalue weighted by Gasteiger charge is 2.44. The molecule has 4 unspecified atom stereocenters. The van der Waals surface area contributed by atoms with Gasteiger partial charge < -0.3 is 25.4 Å². The van der Waals surface area contributed by atoms with Crippen molar-refractivity contribution in [3.05, 3.63) is 58.6 Å².